The average molecular weight is 746 g/mol. The van der Waals surface area contributed by atoms with Gasteiger partial charge in [-0.3, -0.25) is 14.7 Å². The maximum absolute atomic E-state index is 13.7. The first-order valence-corrected chi connectivity index (χ1v) is 18.0. The van der Waals surface area contributed by atoms with Crippen LogP contribution in [0.1, 0.15) is 76.7 Å². The van der Waals surface area contributed by atoms with Gasteiger partial charge in [0.15, 0.2) is 5.82 Å². The molecule has 0 saturated carbocycles. The number of aromatic amines is 1. The molecule has 1 aromatic heterocycles. The molecule has 268 valence electrons. The molecule has 0 spiro atoms. The molecule has 0 radical (unpaired) electrons. The Hall–Kier alpha value is -4.12. The van der Waals surface area contributed by atoms with Gasteiger partial charge in [0.05, 0.1) is 12.1 Å². The Labute approximate surface area is 307 Å². The van der Waals surface area contributed by atoms with Gasteiger partial charge in [0.2, 0.25) is 11.7 Å². The number of ether oxygens (including phenoxy) is 3. The van der Waals surface area contributed by atoms with Crippen molar-refractivity contribution >= 4 is 64.1 Å². The van der Waals surface area contributed by atoms with Crippen molar-refractivity contribution in [1.82, 2.24) is 9.78 Å². The molecule has 1 unspecified atom stereocenters. The van der Waals surface area contributed by atoms with Crippen molar-refractivity contribution in [3.05, 3.63) is 92.7 Å². The highest BCUT2D eigenvalue weighted by molar-refractivity contribution is 6.36. The van der Waals surface area contributed by atoms with Gasteiger partial charge in [0, 0.05) is 22.5 Å². The van der Waals surface area contributed by atoms with E-state index in [-0.39, 0.29) is 34.8 Å². The van der Waals surface area contributed by atoms with Gasteiger partial charge in [0.1, 0.15) is 23.4 Å². The van der Waals surface area contributed by atoms with E-state index in [2.05, 4.69) is 22.7 Å². The fourth-order valence-electron chi connectivity index (χ4n) is 5.31. The smallest absolute Gasteiger partial charge is 0.494 e. The van der Waals surface area contributed by atoms with Crippen LogP contribution in [0.25, 0.3) is 5.69 Å². The van der Waals surface area contributed by atoms with Crippen molar-refractivity contribution in [2.75, 3.05) is 17.7 Å². The number of aromatic nitrogens is 2. The summed E-state index contributed by atoms with van der Waals surface area (Å²) in [5.74, 6) is -0.507. The van der Waals surface area contributed by atoms with Crippen LogP contribution in [0.4, 0.5) is 22.0 Å². The number of nitrogens with zero attached hydrogens (tertiary/aromatic N) is 1. The predicted molar refractivity (Wildman–Crippen MR) is 200 cm³/mol. The molecular formula is C37H43Cl3N4O6. The van der Waals surface area contributed by atoms with Crippen molar-refractivity contribution in [3.8, 4) is 17.2 Å². The van der Waals surface area contributed by atoms with Gasteiger partial charge < -0.3 is 24.8 Å². The summed E-state index contributed by atoms with van der Waals surface area (Å²) in [6.45, 7) is 2.15. The van der Waals surface area contributed by atoms with Crippen molar-refractivity contribution < 1.29 is 23.8 Å². The maximum Gasteiger partial charge on any atom is 0.514 e. The van der Waals surface area contributed by atoms with Crippen LogP contribution in [0.2, 0.25) is 10.0 Å². The highest BCUT2D eigenvalue weighted by Gasteiger charge is 2.25. The van der Waals surface area contributed by atoms with Crippen LogP contribution in [0.15, 0.2) is 71.5 Å². The zero-order chi connectivity index (χ0) is 35.9. The second kappa shape index (κ2) is 19.9. The molecule has 13 heteroatoms. The second-order valence-corrected chi connectivity index (χ2v) is 13.2. The van der Waals surface area contributed by atoms with E-state index < -0.39 is 22.8 Å². The van der Waals surface area contributed by atoms with Gasteiger partial charge in [-0.1, -0.05) is 124 Å². The normalized spacial score (nSPS) is 11.5. The van der Waals surface area contributed by atoms with E-state index in [1.807, 2.05) is 18.2 Å². The Morgan fingerprint density at radius 3 is 2.26 bits per heavy atom. The van der Waals surface area contributed by atoms with E-state index in [0.29, 0.717) is 22.8 Å². The Morgan fingerprint density at radius 1 is 0.880 bits per heavy atom. The lowest BCUT2D eigenvalue weighted by atomic mass is 10.1. The number of alkyl halides is 1. The van der Waals surface area contributed by atoms with Gasteiger partial charge in [-0.25, -0.2) is 9.48 Å². The number of nitrogens with one attached hydrogen (secondary N) is 3. The fourth-order valence-corrected chi connectivity index (χ4v) is 6.08. The number of unbranched alkanes of at least 4 members (excludes halogenated alkanes) is 8. The van der Waals surface area contributed by atoms with Crippen LogP contribution in [0.5, 0.6) is 11.5 Å². The molecule has 4 aromatic rings. The van der Waals surface area contributed by atoms with E-state index in [4.69, 9.17) is 49.0 Å². The monoisotopic (exact) mass is 744 g/mol. The summed E-state index contributed by atoms with van der Waals surface area (Å²) in [6.07, 6.45) is 10.1. The Balaban J connectivity index is 1.46. The lowest BCUT2D eigenvalue weighted by Gasteiger charge is -2.13. The summed E-state index contributed by atoms with van der Waals surface area (Å²) in [7, 11) is 1.40. The number of halogens is 3. The number of methoxy groups -OCH3 is 1. The summed E-state index contributed by atoms with van der Waals surface area (Å²) >= 11 is 19.1. The molecule has 0 aliphatic heterocycles. The Morgan fingerprint density at radius 2 is 1.56 bits per heavy atom. The zero-order valence-electron chi connectivity index (χ0n) is 28.2. The van der Waals surface area contributed by atoms with Crippen LogP contribution in [0.3, 0.4) is 0 Å². The van der Waals surface area contributed by atoms with Crippen molar-refractivity contribution in [3.63, 3.8) is 0 Å². The van der Waals surface area contributed by atoms with E-state index >= 15 is 0 Å². The van der Waals surface area contributed by atoms with Crippen molar-refractivity contribution in [2.24, 2.45) is 0 Å². The minimum absolute atomic E-state index is 0.00351. The number of hydrogen-bond donors (Lipinski definition) is 3. The van der Waals surface area contributed by atoms with E-state index in [1.54, 1.807) is 36.4 Å². The van der Waals surface area contributed by atoms with Gasteiger partial charge in [0.25, 0.3) is 0 Å². The quantitative estimate of drug-likeness (QED) is 0.0496. The third-order valence-electron chi connectivity index (χ3n) is 7.91. The number of rotatable bonds is 19. The van der Waals surface area contributed by atoms with Gasteiger partial charge in [-0.05, 0) is 36.2 Å². The molecule has 1 heterocycles. The molecule has 0 aliphatic carbocycles. The number of amides is 1. The predicted octanol–water partition coefficient (Wildman–Crippen LogP) is 10.4. The first kappa shape index (κ1) is 38.7. The van der Waals surface area contributed by atoms with Crippen LogP contribution < -0.4 is 25.7 Å². The van der Waals surface area contributed by atoms with E-state index in [9.17, 15) is 14.4 Å². The first-order chi connectivity index (χ1) is 24.2. The number of benzene rings is 3. The van der Waals surface area contributed by atoms with Crippen LogP contribution in [-0.4, -0.2) is 34.3 Å². The molecule has 3 aromatic carbocycles. The summed E-state index contributed by atoms with van der Waals surface area (Å²) < 4.78 is 17.2. The second-order valence-electron chi connectivity index (χ2n) is 11.8. The van der Waals surface area contributed by atoms with Crippen LogP contribution >= 0.6 is 34.8 Å². The Bertz CT molecular complexity index is 1760. The molecule has 10 nitrogen and oxygen atoms in total. The van der Waals surface area contributed by atoms with Gasteiger partial charge >= 0.3 is 11.7 Å². The number of anilines is 3. The van der Waals surface area contributed by atoms with Gasteiger partial charge in [-0.15, -0.1) is 11.6 Å². The fraction of sp³-hybridized carbons (Fsp3) is 0.378. The summed E-state index contributed by atoms with van der Waals surface area (Å²) in [4.78, 5) is 39.4. The third kappa shape index (κ3) is 11.5. The third-order valence-corrected chi connectivity index (χ3v) is 8.84. The highest BCUT2D eigenvalue weighted by atomic mass is 35.5. The topological polar surface area (TPSA) is 124 Å². The van der Waals surface area contributed by atoms with E-state index in [0.717, 1.165) is 29.5 Å². The number of carbonyl (C=O) groups excluding carboxylic acids is 2. The average Bonchev–Trinajstić information content (AvgIpc) is 3.39. The standard InChI is InChI=1S/C37H43Cl3N4O6/c1-3-4-5-6-7-8-9-10-14-20-29(39)35(45)42-28-19-15-18-27(23-28)41-34-33(50-37(47)49-24-25-16-12-11-13-17-25)36(46)44(43-34)32-30(40)21-26(38)22-31(32)48-2/h11-13,15-19,21-23,29,41,43H,3-10,14,20,24H2,1-2H3,(H,42,45). The number of carbonyl (C=O) groups is 2. The van der Waals surface area contributed by atoms with Crippen molar-refractivity contribution in [1.29, 1.82) is 0 Å². The molecule has 0 bridgehead atoms. The molecule has 0 fully saturated rings. The maximum atomic E-state index is 13.7. The molecular weight excluding hydrogens is 703 g/mol. The van der Waals surface area contributed by atoms with Gasteiger partial charge in [-0.2, -0.15) is 0 Å². The summed E-state index contributed by atoms with van der Waals surface area (Å²) in [5, 5.41) is 8.54. The zero-order valence-corrected chi connectivity index (χ0v) is 30.5. The molecule has 1 amide bonds. The highest BCUT2D eigenvalue weighted by Crippen LogP contribution is 2.35. The minimum Gasteiger partial charge on any atom is -0.494 e. The molecule has 4 rings (SSSR count). The van der Waals surface area contributed by atoms with Crippen LogP contribution in [-0.2, 0) is 16.1 Å². The molecule has 0 saturated heterocycles. The number of H-pyrrole nitrogens is 1. The van der Waals surface area contributed by atoms with E-state index in [1.165, 1.54) is 57.8 Å². The largest absolute Gasteiger partial charge is 0.514 e. The SMILES string of the molecule is CCCCCCCCCCCC(Cl)C(=O)Nc1cccc(Nc2[nH]n(-c3c(Cl)cc(Cl)cc3OC)c(=O)c2OC(=O)OCc2ccccc2)c1. The molecule has 50 heavy (non-hydrogen) atoms. The summed E-state index contributed by atoms with van der Waals surface area (Å²) in [6, 6.07) is 18.8. The molecule has 3 N–H and O–H groups in total. The lowest BCUT2D eigenvalue weighted by molar-refractivity contribution is -0.116. The number of hydrogen-bond acceptors (Lipinski definition) is 7. The van der Waals surface area contributed by atoms with Crippen molar-refractivity contribution in [2.45, 2.75) is 83.1 Å². The summed E-state index contributed by atoms with van der Waals surface area (Å²) in [5.41, 5.74) is 1.04. The lowest BCUT2D eigenvalue weighted by Crippen LogP contribution is -2.23. The first-order valence-electron chi connectivity index (χ1n) is 16.8. The Kier molecular flexibility index (Phi) is 15.4. The minimum atomic E-state index is -1.10. The molecule has 1 atom stereocenters. The molecule has 0 aliphatic rings. The van der Waals surface area contributed by atoms with Crippen LogP contribution in [0, 0.1) is 0 Å².